The number of nitrogens with zero attached hydrogens (tertiary/aromatic N) is 1. The van der Waals surface area contributed by atoms with E-state index >= 15 is 0 Å². The third-order valence-corrected chi connectivity index (χ3v) is 6.24. The predicted molar refractivity (Wildman–Crippen MR) is 122 cm³/mol. The second-order valence-electron chi connectivity index (χ2n) is 7.32. The fourth-order valence-electron chi connectivity index (χ4n) is 3.31. The largest absolute Gasteiger partial charge is 0.348 e. The lowest BCUT2D eigenvalue weighted by atomic mass is 10.1. The summed E-state index contributed by atoms with van der Waals surface area (Å²) in [7, 11) is 1.72. The lowest BCUT2D eigenvalue weighted by Crippen LogP contribution is -2.31. The summed E-state index contributed by atoms with van der Waals surface area (Å²) in [6, 6.07) is 19.2. The molecule has 0 saturated carbocycles. The van der Waals surface area contributed by atoms with E-state index in [0.717, 1.165) is 21.6 Å². The first-order chi connectivity index (χ1) is 14.9. The second kappa shape index (κ2) is 8.78. The summed E-state index contributed by atoms with van der Waals surface area (Å²) < 4.78 is 13.0. The second-order valence-corrected chi connectivity index (χ2v) is 8.41. The number of halogens is 1. The van der Waals surface area contributed by atoms with Crippen molar-refractivity contribution >= 4 is 35.3 Å². The molecule has 3 aromatic carbocycles. The highest BCUT2D eigenvalue weighted by atomic mass is 32.2. The van der Waals surface area contributed by atoms with Crippen LogP contribution in [0.5, 0.6) is 0 Å². The molecule has 0 radical (unpaired) electrons. The van der Waals surface area contributed by atoms with E-state index in [0.29, 0.717) is 22.7 Å². The Labute approximate surface area is 184 Å². The maximum Gasteiger partial charge on any atom is 0.264 e. The van der Waals surface area contributed by atoms with Gasteiger partial charge in [0.15, 0.2) is 0 Å². The molecule has 0 bridgehead atoms. The topological polar surface area (TPSA) is 49.4 Å². The monoisotopic (exact) mass is 432 g/mol. The van der Waals surface area contributed by atoms with Crippen molar-refractivity contribution in [3.05, 3.63) is 99.7 Å². The Bertz CT molecular complexity index is 1190. The molecule has 0 spiro atoms. The van der Waals surface area contributed by atoms with Crippen LogP contribution < -0.4 is 10.2 Å². The molecule has 1 aliphatic heterocycles. The minimum absolute atomic E-state index is 0.107. The molecular weight excluding hydrogens is 411 g/mol. The van der Waals surface area contributed by atoms with Gasteiger partial charge in [-0.05, 0) is 60.0 Å². The van der Waals surface area contributed by atoms with E-state index in [9.17, 15) is 14.0 Å². The third-order valence-electron chi connectivity index (χ3n) is 5.16. The van der Waals surface area contributed by atoms with E-state index in [2.05, 4.69) is 5.32 Å². The van der Waals surface area contributed by atoms with Gasteiger partial charge >= 0.3 is 0 Å². The molecule has 156 valence electrons. The molecule has 3 aromatic rings. The van der Waals surface area contributed by atoms with E-state index in [1.54, 1.807) is 36.2 Å². The van der Waals surface area contributed by atoms with Gasteiger partial charge in [-0.3, -0.25) is 9.59 Å². The van der Waals surface area contributed by atoms with Crippen molar-refractivity contribution in [2.75, 3.05) is 11.9 Å². The first-order valence-electron chi connectivity index (χ1n) is 9.82. The summed E-state index contributed by atoms with van der Waals surface area (Å²) in [4.78, 5) is 28.7. The summed E-state index contributed by atoms with van der Waals surface area (Å²) in [6.45, 7) is 2.31. The summed E-state index contributed by atoms with van der Waals surface area (Å²) in [6.07, 6.45) is 1.91. The Kier molecular flexibility index (Phi) is 5.91. The number of amides is 2. The molecule has 1 N–H and O–H groups in total. The predicted octanol–water partition coefficient (Wildman–Crippen LogP) is 5.17. The number of rotatable bonds is 4. The zero-order chi connectivity index (χ0) is 22.0. The minimum Gasteiger partial charge on any atom is -0.348 e. The van der Waals surface area contributed by atoms with Gasteiger partial charge in [0.2, 0.25) is 0 Å². The van der Waals surface area contributed by atoms with Crippen LogP contribution in [0.25, 0.3) is 6.08 Å². The van der Waals surface area contributed by atoms with Gasteiger partial charge in [-0.2, -0.15) is 0 Å². The van der Waals surface area contributed by atoms with Gasteiger partial charge in [0, 0.05) is 24.1 Å². The number of likely N-dealkylation sites (N-methyl/N-ethyl adjacent to an activating group) is 1. The SMILES string of the molecule is Cc1ccccc1C=C1Sc2ccc(C(=O)NCc3ccc(F)cc3)cc2N(C)C1=O. The molecule has 0 saturated heterocycles. The number of carbonyl (C=O) groups is 2. The summed E-state index contributed by atoms with van der Waals surface area (Å²) in [5.41, 5.74) is 4.08. The first-order valence-corrected chi connectivity index (χ1v) is 10.6. The Morgan fingerprint density at radius 3 is 2.58 bits per heavy atom. The van der Waals surface area contributed by atoms with Gasteiger partial charge in [-0.15, -0.1) is 0 Å². The van der Waals surface area contributed by atoms with Crippen molar-refractivity contribution < 1.29 is 14.0 Å². The molecular formula is C25H21FN2O2S. The van der Waals surface area contributed by atoms with E-state index in [1.807, 2.05) is 43.3 Å². The van der Waals surface area contributed by atoms with Gasteiger partial charge in [0.1, 0.15) is 5.82 Å². The van der Waals surface area contributed by atoms with Crippen LogP contribution in [0.15, 0.2) is 76.5 Å². The van der Waals surface area contributed by atoms with Gasteiger partial charge in [-0.1, -0.05) is 48.2 Å². The summed E-state index contributed by atoms with van der Waals surface area (Å²) in [5, 5.41) is 2.83. The van der Waals surface area contributed by atoms with Crippen LogP contribution in [0, 0.1) is 12.7 Å². The number of benzene rings is 3. The van der Waals surface area contributed by atoms with Crippen molar-refractivity contribution in [2.24, 2.45) is 0 Å². The van der Waals surface area contributed by atoms with Gasteiger partial charge in [0.05, 0.1) is 10.6 Å². The first kappa shape index (κ1) is 20.9. The molecule has 6 heteroatoms. The normalized spacial score (nSPS) is 14.5. The Balaban J connectivity index is 1.54. The minimum atomic E-state index is -0.314. The van der Waals surface area contributed by atoms with Gasteiger partial charge in [-0.25, -0.2) is 4.39 Å². The molecule has 0 aromatic heterocycles. The van der Waals surface area contributed by atoms with Crippen molar-refractivity contribution in [2.45, 2.75) is 18.4 Å². The molecule has 1 heterocycles. The Hall–Kier alpha value is -3.38. The quantitative estimate of drug-likeness (QED) is 0.579. The standard InChI is InChI=1S/C25H21FN2O2S/c1-16-5-3-4-6-18(16)14-23-25(30)28(2)21-13-19(9-12-22(21)31-23)24(29)27-15-17-7-10-20(26)11-8-17/h3-14H,15H2,1-2H3,(H,27,29). The van der Waals surface area contributed by atoms with Crippen LogP contribution in [0.3, 0.4) is 0 Å². The number of hydrogen-bond donors (Lipinski definition) is 1. The Morgan fingerprint density at radius 2 is 1.84 bits per heavy atom. The number of fused-ring (bicyclic) bond motifs is 1. The number of carbonyl (C=O) groups excluding carboxylic acids is 2. The fourth-order valence-corrected chi connectivity index (χ4v) is 4.40. The highest BCUT2D eigenvalue weighted by Crippen LogP contribution is 2.42. The number of anilines is 1. The van der Waals surface area contributed by atoms with Crippen molar-refractivity contribution in [1.29, 1.82) is 0 Å². The summed E-state index contributed by atoms with van der Waals surface area (Å²) >= 11 is 1.41. The van der Waals surface area contributed by atoms with Crippen LogP contribution >= 0.6 is 11.8 Å². The molecule has 0 unspecified atom stereocenters. The van der Waals surface area contributed by atoms with E-state index in [4.69, 9.17) is 0 Å². The average Bonchev–Trinajstić information content (AvgIpc) is 2.78. The van der Waals surface area contributed by atoms with Crippen LogP contribution in [-0.4, -0.2) is 18.9 Å². The molecule has 1 aliphatic rings. The highest BCUT2D eigenvalue weighted by Gasteiger charge is 2.27. The van der Waals surface area contributed by atoms with E-state index in [1.165, 1.54) is 23.9 Å². The molecule has 0 fully saturated rings. The molecule has 2 amide bonds. The zero-order valence-corrected chi connectivity index (χ0v) is 18.0. The van der Waals surface area contributed by atoms with Crippen LogP contribution in [0.1, 0.15) is 27.0 Å². The molecule has 0 aliphatic carbocycles. The lowest BCUT2D eigenvalue weighted by molar-refractivity contribution is -0.114. The summed E-state index contributed by atoms with van der Waals surface area (Å²) in [5.74, 6) is -0.672. The Morgan fingerprint density at radius 1 is 1.10 bits per heavy atom. The van der Waals surface area contributed by atoms with Gasteiger partial charge in [0.25, 0.3) is 11.8 Å². The molecule has 4 nitrogen and oxygen atoms in total. The van der Waals surface area contributed by atoms with Crippen LogP contribution in [0.4, 0.5) is 10.1 Å². The smallest absolute Gasteiger partial charge is 0.264 e. The molecule has 31 heavy (non-hydrogen) atoms. The molecule has 4 rings (SSSR count). The fraction of sp³-hybridized carbons (Fsp3) is 0.120. The van der Waals surface area contributed by atoms with Crippen molar-refractivity contribution in [3.8, 4) is 0 Å². The van der Waals surface area contributed by atoms with Crippen molar-refractivity contribution in [3.63, 3.8) is 0 Å². The number of nitrogens with one attached hydrogen (secondary N) is 1. The lowest BCUT2D eigenvalue weighted by Gasteiger charge is -2.27. The van der Waals surface area contributed by atoms with Crippen LogP contribution in [0.2, 0.25) is 0 Å². The number of thioether (sulfide) groups is 1. The van der Waals surface area contributed by atoms with Gasteiger partial charge < -0.3 is 10.2 Å². The zero-order valence-electron chi connectivity index (χ0n) is 17.2. The van der Waals surface area contributed by atoms with Crippen LogP contribution in [-0.2, 0) is 11.3 Å². The number of aryl methyl sites for hydroxylation is 1. The van der Waals surface area contributed by atoms with E-state index < -0.39 is 0 Å². The third kappa shape index (κ3) is 4.54. The molecule has 0 atom stereocenters. The van der Waals surface area contributed by atoms with Crippen molar-refractivity contribution in [1.82, 2.24) is 5.32 Å². The maximum absolute atomic E-state index is 13.0. The van der Waals surface area contributed by atoms with E-state index in [-0.39, 0.29) is 17.6 Å². The number of hydrogen-bond acceptors (Lipinski definition) is 3. The average molecular weight is 433 g/mol. The maximum atomic E-state index is 13.0. The highest BCUT2D eigenvalue weighted by molar-refractivity contribution is 8.04.